The van der Waals surface area contributed by atoms with Gasteiger partial charge >= 0.3 is 0 Å². The van der Waals surface area contributed by atoms with Crippen molar-refractivity contribution in [3.63, 3.8) is 0 Å². The summed E-state index contributed by atoms with van der Waals surface area (Å²) < 4.78 is 10.6. The maximum atomic E-state index is 13.4. The fraction of sp³-hybridized carbons (Fsp3) is 0.133. The van der Waals surface area contributed by atoms with E-state index in [1.165, 1.54) is 26.4 Å². The largest absolute Gasteiger partial charge is 0.507 e. The van der Waals surface area contributed by atoms with E-state index in [0.717, 1.165) is 0 Å². The van der Waals surface area contributed by atoms with Crippen LogP contribution in [0.1, 0.15) is 22.3 Å². The summed E-state index contributed by atoms with van der Waals surface area (Å²) in [5.41, 5.74) is 7.77. The Morgan fingerprint density at radius 2 is 1.83 bits per heavy atom. The fourth-order valence-corrected chi connectivity index (χ4v) is 4.28. The zero-order valence-corrected chi connectivity index (χ0v) is 23.0. The number of nitrogens with one attached hydrogen (secondary N) is 2. The normalized spacial score (nSPS) is 10.4. The molecule has 41 heavy (non-hydrogen) atoms. The minimum absolute atomic E-state index is 0.0465. The van der Waals surface area contributed by atoms with Crippen molar-refractivity contribution in [1.82, 2.24) is 4.98 Å². The molecule has 0 fully saturated rings. The van der Waals surface area contributed by atoms with Gasteiger partial charge in [0.05, 0.1) is 25.5 Å². The van der Waals surface area contributed by atoms with E-state index in [2.05, 4.69) is 21.7 Å². The van der Waals surface area contributed by atoms with Gasteiger partial charge in [-0.15, -0.1) is 0 Å². The number of anilines is 2. The molecule has 0 radical (unpaired) electrons. The second-order valence-corrected chi connectivity index (χ2v) is 9.18. The van der Waals surface area contributed by atoms with E-state index in [1.807, 2.05) is 0 Å². The zero-order valence-electron chi connectivity index (χ0n) is 22.2. The van der Waals surface area contributed by atoms with E-state index in [9.17, 15) is 20.0 Å². The molecule has 4 aromatic rings. The molecule has 10 nitrogen and oxygen atoms in total. The van der Waals surface area contributed by atoms with Crippen LogP contribution in [-0.4, -0.2) is 42.7 Å². The molecule has 1 aromatic heterocycles. The number of carbonyl (C=O) groups is 2. The molecule has 0 aliphatic rings. The van der Waals surface area contributed by atoms with Crippen LogP contribution >= 0.6 is 11.6 Å². The first-order valence-electron chi connectivity index (χ1n) is 12.4. The van der Waals surface area contributed by atoms with E-state index < -0.39 is 5.91 Å². The van der Waals surface area contributed by atoms with Crippen LogP contribution in [0, 0.1) is 11.3 Å². The monoisotopic (exact) mass is 571 g/mol. The number of aromatic nitrogens is 1. The number of aromatic hydroxyl groups is 1. The molecular weight excluding hydrogens is 546 g/mol. The molecule has 3 aromatic carbocycles. The molecule has 0 atom stereocenters. The number of nitriles is 1. The minimum Gasteiger partial charge on any atom is -0.507 e. The average molecular weight is 572 g/mol. The molecular formula is C30H26ClN5O5. The first-order valence-corrected chi connectivity index (χ1v) is 12.7. The van der Waals surface area contributed by atoms with Crippen LogP contribution < -0.4 is 25.8 Å². The number of rotatable bonds is 9. The summed E-state index contributed by atoms with van der Waals surface area (Å²) in [6.45, 7) is 0.199. The lowest BCUT2D eigenvalue weighted by molar-refractivity contribution is -0.116. The standard InChI is InChI=1S/C30H26ClN5O5/c1-40-20-7-9-22(27(14-20)41-2)30(39)36-29-24(16-33)23(15-25(35-29)21-8-6-18(31)13-26(21)37)17-4-3-5-19(12-17)34-28(38)10-11-32/h3-9,12-15,37H,10-11,32H2,1-2H3,(H,34,38)(H,35,36,39). The predicted octanol–water partition coefficient (Wildman–Crippen LogP) is 5.20. The van der Waals surface area contributed by atoms with Crippen molar-refractivity contribution in [2.75, 3.05) is 31.4 Å². The number of halogens is 1. The van der Waals surface area contributed by atoms with Gasteiger partial charge in [-0.1, -0.05) is 23.7 Å². The SMILES string of the molecule is COc1ccc(C(=O)Nc2nc(-c3ccc(Cl)cc3O)cc(-c3cccc(NC(=O)CCN)c3)c2C#N)c(OC)c1. The van der Waals surface area contributed by atoms with Gasteiger partial charge < -0.3 is 30.9 Å². The highest BCUT2D eigenvalue weighted by Crippen LogP contribution is 2.37. The summed E-state index contributed by atoms with van der Waals surface area (Å²) >= 11 is 6.04. The summed E-state index contributed by atoms with van der Waals surface area (Å²) in [4.78, 5) is 30.1. The maximum absolute atomic E-state index is 13.4. The first-order chi connectivity index (χ1) is 19.8. The zero-order chi connectivity index (χ0) is 29.5. The number of ether oxygens (including phenoxy) is 2. The Balaban J connectivity index is 1.87. The van der Waals surface area contributed by atoms with Crippen molar-refractivity contribution >= 4 is 34.9 Å². The number of phenolic OH excluding ortho intramolecular Hbond substituents is 1. The molecule has 0 aliphatic carbocycles. The molecule has 0 saturated heterocycles. The number of nitrogens with two attached hydrogens (primary N) is 1. The molecule has 0 aliphatic heterocycles. The van der Waals surface area contributed by atoms with Crippen molar-refractivity contribution in [3.8, 4) is 45.7 Å². The Bertz CT molecular complexity index is 1670. The molecule has 208 valence electrons. The molecule has 2 amide bonds. The van der Waals surface area contributed by atoms with Crippen LogP contribution in [-0.2, 0) is 4.79 Å². The highest BCUT2D eigenvalue weighted by atomic mass is 35.5. The second kappa shape index (κ2) is 12.8. The van der Waals surface area contributed by atoms with E-state index in [0.29, 0.717) is 33.1 Å². The average Bonchev–Trinajstić information content (AvgIpc) is 2.96. The van der Waals surface area contributed by atoms with Crippen molar-refractivity contribution < 1.29 is 24.2 Å². The molecule has 0 saturated carbocycles. The third kappa shape index (κ3) is 6.55. The molecule has 0 unspecified atom stereocenters. The van der Waals surface area contributed by atoms with Crippen molar-refractivity contribution in [1.29, 1.82) is 5.26 Å². The van der Waals surface area contributed by atoms with Gasteiger partial charge in [-0.3, -0.25) is 9.59 Å². The van der Waals surface area contributed by atoms with Gasteiger partial charge in [-0.25, -0.2) is 4.98 Å². The molecule has 1 heterocycles. The highest BCUT2D eigenvalue weighted by molar-refractivity contribution is 6.30. The smallest absolute Gasteiger partial charge is 0.260 e. The number of amides is 2. The minimum atomic E-state index is -0.584. The Morgan fingerprint density at radius 3 is 2.51 bits per heavy atom. The summed E-state index contributed by atoms with van der Waals surface area (Å²) in [5.74, 6) is -0.275. The number of benzene rings is 3. The molecule has 0 spiro atoms. The van der Waals surface area contributed by atoms with E-state index in [-0.39, 0.29) is 53.0 Å². The van der Waals surface area contributed by atoms with Crippen LogP contribution in [0.4, 0.5) is 11.5 Å². The van der Waals surface area contributed by atoms with E-state index in [1.54, 1.807) is 54.6 Å². The van der Waals surface area contributed by atoms with Gasteiger partial charge in [-0.2, -0.15) is 5.26 Å². The molecule has 4 rings (SSSR count). The number of phenols is 1. The summed E-state index contributed by atoms with van der Waals surface area (Å²) in [6.07, 6.45) is 0.147. The Kier molecular flexibility index (Phi) is 9.04. The summed E-state index contributed by atoms with van der Waals surface area (Å²) in [7, 11) is 2.92. The van der Waals surface area contributed by atoms with E-state index >= 15 is 0 Å². The lowest BCUT2D eigenvalue weighted by Crippen LogP contribution is -2.16. The lowest BCUT2D eigenvalue weighted by atomic mass is 9.97. The molecule has 5 N–H and O–H groups in total. The highest BCUT2D eigenvalue weighted by Gasteiger charge is 2.21. The lowest BCUT2D eigenvalue weighted by Gasteiger charge is -2.16. The predicted molar refractivity (Wildman–Crippen MR) is 156 cm³/mol. The number of hydrogen-bond acceptors (Lipinski definition) is 8. The van der Waals surface area contributed by atoms with Crippen LogP contribution in [0.5, 0.6) is 17.2 Å². The topological polar surface area (TPSA) is 160 Å². The van der Waals surface area contributed by atoms with Gasteiger partial charge in [0, 0.05) is 40.9 Å². The Morgan fingerprint density at radius 1 is 1.02 bits per heavy atom. The van der Waals surface area contributed by atoms with Gasteiger partial charge in [-0.05, 0) is 54.1 Å². The summed E-state index contributed by atoms with van der Waals surface area (Å²) in [6, 6.07) is 19.8. The quantitative estimate of drug-likeness (QED) is 0.213. The molecule has 11 heteroatoms. The molecule has 0 bridgehead atoms. The second-order valence-electron chi connectivity index (χ2n) is 8.74. The number of nitrogens with zero attached hydrogens (tertiary/aromatic N) is 2. The van der Waals surface area contributed by atoms with Crippen LogP contribution in [0.2, 0.25) is 5.02 Å². The van der Waals surface area contributed by atoms with Gasteiger partial charge in [0.1, 0.15) is 28.9 Å². The summed E-state index contributed by atoms with van der Waals surface area (Å²) in [5, 5.41) is 26.7. The number of methoxy groups -OCH3 is 2. The van der Waals surface area contributed by atoms with Gasteiger partial charge in [0.25, 0.3) is 5.91 Å². The third-order valence-corrected chi connectivity index (χ3v) is 6.32. The number of pyridine rings is 1. The van der Waals surface area contributed by atoms with Crippen molar-refractivity contribution in [2.45, 2.75) is 6.42 Å². The van der Waals surface area contributed by atoms with Gasteiger partial charge in [0.2, 0.25) is 5.91 Å². The van der Waals surface area contributed by atoms with Crippen molar-refractivity contribution in [3.05, 3.63) is 82.9 Å². The fourth-order valence-electron chi connectivity index (χ4n) is 4.12. The number of hydrogen-bond donors (Lipinski definition) is 4. The Labute approximate surface area is 241 Å². The maximum Gasteiger partial charge on any atom is 0.260 e. The third-order valence-electron chi connectivity index (χ3n) is 6.08. The van der Waals surface area contributed by atoms with Gasteiger partial charge in [0.15, 0.2) is 5.82 Å². The van der Waals surface area contributed by atoms with Crippen molar-refractivity contribution in [2.24, 2.45) is 5.73 Å². The van der Waals surface area contributed by atoms with Crippen LogP contribution in [0.25, 0.3) is 22.4 Å². The Hall–Kier alpha value is -5.11. The van der Waals surface area contributed by atoms with Crippen LogP contribution in [0.3, 0.4) is 0 Å². The van der Waals surface area contributed by atoms with E-state index in [4.69, 9.17) is 26.8 Å². The first kappa shape index (κ1) is 28.9. The van der Waals surface area contributed by atoms with Crippen LogP contribution in [0.15, 0.2) is 66.7 Å². The number of carbonyl (C=O) groups excluding carboxylic acids is 2.